The molecule has 2 N–H and O–H groups in total. The van der Waals surface area contributed by atoms with Crippen molar-refractivity contribution in [2.24, 2.45) is 5.92 Å². The van der Waals surface area contributed by atoms with E-state index in [4.69, 9.17) is 16.1 Å². The molecule has 2 aliphatic heterocycles. The number of carbonyl (C=O) groups excluding carboxylic acids is 1. The zero-order valence-electron chi connectivity index (χ0n) is 15.0. The quantitative estimate of drug-likeness (QED) is 0.762. The first kappa shape index (κ1) is 20.1. The highest BCUT2D eigenvalue weighted by Gasteiger charge is 2.34. The number of hydrogen-bond donors (Lipinski definition) is 2. The summed E-state index contributed by atoms with van der Waals surface area (Å²) < 4.78 is 5.26. The summed E-state index contributed by atoms with van der Waals surface area (Å²) in [4.78, 5) is 16.6. The normalized spacial score (nSPS) is 23.7. The van der Waals surface area contributed by atoms with Gasteiger partial charge in [-0.3, -0.25) is 4.79 Å². The van der Waals surface area contributed by atoms with Crippen molar-refractivity contribution < 1.29 is 9.32 Å². The van der Waals surface area contributed by atoms with Gasteiger partial charge in [0.2, 0.25) is 17.6 Å². The van der Waals surface area contributed by atoms with Gasteiger partial charge in [-0.05, 0) is 55.9 Å². The van der Waals surface area contributed by atoms with Gasteiger partial charge in [0.15, 0.2) is 0 Å². The Kier molecular flexibility index (Phi) is 6.73. The molecule has 0 saturated carbocycles. The number of nitrogens with zero attached hydrogens (tertiary/aromatic N) is 2. The van der Waals surface area contributed by atoms with Crippen molar-refractivity contribution >= 4 is 29.9 Å². The lowest BCUT2D eigenvalue weighted by Crippen LogP contribution is -2.39. The third-order valence-corrected chi connectivity index (χ3v) is 5.53. The van der Waals surface area contributed by atoms with Crippen molar-refractivity contribution in [1.29, 1.82) is 0 Å². The summed E-state index contributed by atoms with van der Waals surface area (Å²) in [6, 6.07) is 8.53. The van der Waals surface area contributed by atoms with Gasteiger partial charge in [-0.1, -0.05) is 16.8 Å². The molecule has 2 atom stereocenters. The lowest BCUT2D eigenvalue weighted by molar-refractivity contribution is -0.122. The molecule has 2 saturated heterocycles. The second-order valence-electron chi connectivity index (χ2n) is 7.30. The first-order valence-corrected chi connectivity index (χ1v) is 9.65. The summed E-state index contributed by atoms with van der Waals surface area (Å²) in [5.41, 5.74) is 0.856. The van der Waals surface area contributed by atoms with Crippen molar-refractivity contribution in [3.05, 3.63) is 35.2 Å². The van der Waals surface area contributed by atoms with Crippen LogP contribution < -0.4 is 10.6 Å². The highest BCUT2D eigenvalue weighted by molar-refractivity contribution is 6.30. The largest absolute Gasteiger partial charge is 0.356 e. The maximum Gasteiger partial charge on any atom is 0.228 e. The van der Waals surface area contributed by atoms with E-state index < -0.39 is 0 Å². The topological polar surface area (TPSA) is 80.0 Å². The molecule has 27 heavy (non-hydrogen) atoms. The van der Waals surface area contributed by atoms with Crippen LogP contribution in [0, 0.1) is 5.92 Å². The Morgan fingerprint density at radius 1 is 1.22 bits per heavy atom. The maximum atomic E-state index is 12.2. The summed E-state index contributed by atoms with van der Waals surface area (Å²) >= 11 is 5.88. The maximum absolute atomic E-state index is 12.2. The van der Waals surface area contributed by atoms with Crippen molar-refractivity contribution in [1.82, 2.24) is 20.8 Å². The number of benzene rings is 1. The van der Waals surface area contributed by atoms with E-state index in [1.807, 2.05) is 12.1 Å². The number of rotatable bonds is 6. The minimum absolute atomic E-state index is 0. The molecule has 2 fully saturated rings. The number of nitrogens with one attached hydrogen (secondary N) is 2. The number of piperidine rings is 1. The zero-order valence-corrected chi connectivity index (χ0v) is 16.6. The number of hydrogen-bond acceptors (Lipinski definition) is 5. The van der Waals surface area contributed by atoms with E-state index in [9.17, 15) is 4.79 Å². The average molecular weight is 411 g/mol. The molecule has 0 aliphatic carbocycles. The zero-order chi connectivity index (χ0) is 17.9. The third kappa shape index (κ3) is 5.21. The van der Waals surface area contributed by atoms with Crippen LogP contribution in [0.2, 0.25) is 5.02 Å². The predicted octanol–water partition coefficient (Wildman–Crippen LogP) is 3.39. The lowest BCUT2D eigenvalue weighted by atomic mass is 9.89. The lowest BCUT2D eigenvalue weighted by Gasteiger charge is -2.28. The van der Waals surface area contributed by atoms with E-state index >= 15 is 0 Å². The average Bonchev–Trinajstić information content (AvgIpc) is 3.22. The summed E-state index contributed by atoms with van der Waals surface area (Å²) in [7, 11) is 0. The van der Waals surface area contributed by atoms with Crippen molar-refractivity contribution in [2.45, 2.75) is 50.6 Å². The Balaban J connectivity index is 0.00000210. The minimum atomic E-state index is 0. The van der Waals surface area contributed by atoms with Crippen LogP contribution in [0.25, 0.3) is 11.4 Å². The van der Waals surface area contributed by atoms with Gasteiger partial charge in [0.25, 0.3) is 0 Å². The molecule has 146 valence electrons. The Morgan fingerprint density at radius 2 is 1.93 bits per heavy atom. The summed E-state index contributed by atoms with van der Waals surface area (Å²) in [6.07, 6.45) is 5.92. The van der Waals surface area contributed by atoms with Crippen LogP contribution in [0.3, 0.4) is 0 Å². The van der Waals surface area contributed by atoms with Gasteiger partial charge in [-0.25, -0.2) is 0 Å². The second-order valence-corrected chi connectivity index (χ2v) is 7.73. The number of aromatic nitrogens is 2. The predicted molar refractivity (Wildman–Crippen MR) is 106 cm³/mol. The number of fused-ring (bicyclic) bond motifs is 2. The van der Waals surface area contributed by atoms with E-state index in [2.05, 4.69) is 20.8 Å². The number of halogens is 2. The SMILES string of the molecule is Cl.O=C(CC1CC2CCC(C1)N2)NCCc1nc(-c2ccc(Cl)cc2)no1. The van der Waals surface area contributed by atoms with Gasteiger partial charge in [0.1, 0.15) is 0 Å². The molecular formula is C19H24Cl2N4O2. The van der Waals surface area contributed by atoms with Crippen LogP contribution in [-0.2, 0) is 11.2 Å². The van der Waals surface area contributed by atoms with Crippen LogP contribution >= 0.6 is 24.0 Å². The monoisotopic (exact) mass is 410 g/mol. The Bertz CT molecular complexity index is 753. The summed E-state index contributed by atoms with van der Waals surface area (Å²) in [6.45, 7) is 0.513. The van der Waals surface area contributed by atoms with Crippen LogP contribution in [0.1, 0.15) is 38.0 Å². The first-order valence-electron chi connectivity index (χ1n) is 9.27. The molecular weight excluding hydrogens is 387 g/mol. The van der Waals surface area contributed by atoms with Gasteiger partial charge in [0.05, 0.1) is 0 Å². The van der Waals surface area contributed by atoms with E-state index in [0.29, 0.717) is 54.1 Å². The second kappa shape index (κ2) is 9.04. The molecule has 2 aromatic rings. The van der Waals surface area contributed by atoms with Crippen LogP contribution in [-0.4, -0.2) is 34.7 Å². The minimum Gasteiger partial charge on any atom is -0.356 e. The fourth-order valence-corrected chi connectivity index (χ4v) is 4.18. The Morgan fingerprint density at radius 3 is 2.63 bits per heavy atom. The molecule has 1 amide bonds. The molecule has 1 aromatic carbocycles. The number of carbonyl (C=O) groups is 1. The standard InChI is InChI=1S/C19H23ClN4O2.ClH/c20-14-3-1-13(2-4-14)19-23-18(26-24-19)7-8-21-17(25)11-12-9-15-5-6-16(10-12)22-15;/h1-4,12,15-16,22H,5-11H2,(H,21,25);1H. The van der Waals surface area contributed by atoms with E-state index in [0.717, 1.165) is 18.4 Å². The third-order valence-electron chi connectivity index (χ3n) is 5.28. The van der Waals surface area contributed by atoms with Crippen LogP contribution in [0.5, 0.6) is 0 Å². The van der Waals surface area contributed by atoms with E-state index in [1.165, 1.54) is 12.8 Å². The smallest absolute Gasteiger partial charge is 0.228 e. The fraction of sp³-hybridized carbons (Fsp3) is 0.526. The fourth-order valence-electron chi connectivity index (χ4n) is 4.06. The van der Waals surface area contributed by atoms with Gasteiger partial charge in [-0.15, -0.1) is 12.4 Å². The molecule has 8 heteroatoms. The molecule has 2 unspecified atom stereocenters. The molecule has 4 rings (SSSR count). The van der Waals surface area contributed by atoms with E-state index in [-0.39, 0.29) is 18.3 Å². The molecule has 0 spiro atoms. The molecule has 6 nitrogen and oxygen atoms in total. The molecule has 2 aliphatic rings. The number of amides is 1. The molecule has 0 radical (unpaired) electrons. The van der Waals surface area contributed by atoms with Gasteiger partial charge >= 0.3 is 0 Å². The Hall–Kier alpha value is -1.63. The molecule has 3 heterocycles. The van der Waals surface area contributed by atoms with Gasteiger partial charge in [0, 0.05) is 42.1 Å². The van der Waals surface area contributed by atoms with Crippen molar-refractivity contribution in [3.8, 4) is 11.4 Å². The van der Waals surface area contributed by atoms with E-state index in [1.54, 1.807) is 12.1 Å². The van der Waals surface area contributed by atoms with Crippen LogP contribution in [0.15, 0.2) is 28.8 Å². The first-order chi connectivity index (χ1) is 12.7. The van der Waals surface area contributed by atoms with Crippen molar-refractivity contribution in [2.75, 3.05) is 6.54 Å². The van der Waals surface area contributed by atoms with Crippen LogP contribution in [0.4, 0.5) is 0 Å². The molecule has 2 bridgehead atoms. The Labute approximate surface area is 169 Å². The molecule has 1 aromatic heterocycles. The van der Waals surface area contributed by atoms with Gasteiger partial charge < -0.3 is 15.2 Å². The summed E-state index contributed by atoms with van der Waals surface area (Å²) in [5, 5.41) is 11.2. The van der Waals surface area contributed by atoms with Gasteiger partial charge in [-0.2, -0.15) is 4.98 Å². The highest BCUT2D eigenvalue weighted by atomic mass is 35.5. The highest BCUT2D eigenvalue weighted by Crippen LogP contribution is 2.32. The summed E-state index contributed by atoms with van der Waals surface area (Å²) in [5.74, 6) is 1.69. The van der Waals surface area contributed by atoms with Crippen molar-refractivity contribution in [3.63, 3.8) is 0 Å².